The SMILES string of the molecule is COc1ccccc1/C=[N+](\[O-])[C@H]1SC(=S)N(C)C1(C)C. The molecule has 0 aliphatic carbocycles. The van der Waals surface area contributed by atoms with E-state index in [-0.39, 0.29) is 10.9 Å². The lowest BCUT2D eigenvalue weighted by Gasteiger charge is -2.30. The molecule has 0 unspecified atom stereocenters. The molecule has 2 rings (SSSR count). The van der Waals surface area contributed by atoms with E-state index in [0.717, 1.165) is 14.6 Å². The first-order valence-electron chi connectivity index (χ1n) is 6.25. The van der Waals surface area contributed by atoms with Crippen molar-refractivity contribution in [2.45, 2.75) is 24.8 Å². The fourth-order valence-corrected chi connectivity index (χ4v) is 3.77. The minimum atomic E-state index is -0.317. The minimum Gasteiger partial charge on any atom is -0.623 e. The number of methoxy groups -OCH3 is 1. The predicted molar refractivity (Wildman–Crippen MR) is 87.6 cm³/mol. The molecule has 1 saturated heterocycles. The van der Waals surface area contributed by atoms with Crippen molar-refractivity contribution in [1.29, 1.82) is 0 Å². The highest BCUT2D eigenvalue weighted by atomic mass is 32.2. The highest BCUT2D eigenvalue weighted by Crippen LogP contribution is 2.38. The van der Waals surface area contributed by atoms with E-state index in [1.165, 1.54) is 11.8 Å². The van der Waals surface area contributed by atoms with Crippen LogP contribution in [0.15, 0.2) is 24.3 Å². The summed E-state index contributed by atoms with van der Waals surface area (Å²) in [6.07, 6.45) is 1.57. The number of nitrogens with zero attached hydrogens (tertiary/aromatic N) is 2. The Kier molecular flexibility index (Phi) is 4.25. The number of thiocarbonyl (C=S) groups is 1. The lowest BCUT2D eigenvalue weighted by Crippen LogP contribution is -2.47. The van der Waals surface area contributed by atoms with E-state index >= 15 is 0 Å². The van der Waals surface area contributed by atoms with E-state index < -0.39 is 0 Å². The molecule has 0 bridgehead atoms. The highest BCUT2D eigenvalue weighted by molar-refractivity contribution is 8.23. The Morgan fingerprint density at radius 3 is 2.65 bits per heavy atom. The van der Waals surface area contributed by atoms with Crippen LogP contribution in [0.1, 0.15) is 19.4 Å². The van der Waals surface area contributed by atoms with Gasteiger partial charge in [-0.3, -0.25) is 0 Å². The molecule has 1 fully saturated rings. The molecule has 108 valence electrons. The van der Waals surface area contributed by atoms with Gasteiger partial charge < -0.3 is 14.8 Å². The van der Waals surface area contributed by atoms with E-state index in [0.29, 0.717) is 5.75 Å². The minimum absolute atomic E-state index is 0.273. The Balaban J connectivity index is 2.34. The molecule has 1 heterocycles. The maximum atomic E-state index is 12.5. The highest BCUT2D eigenvalue weighted by Gasteiger charge is 2.48. The molecule has 0 radical (unpaired) electrons. The van der Waals surface area contributed by atoms with Crippen LogP contribution in [0, 0.1) is 5.21 Å². The van der Waals surface area contributed by atoms with Crippen LogP contribution in [0.4, 0.5) is 0 Å². The summed E-state index contributed by atoms with van der Waals surface area (Å²) >= 11 is 6.71. The number of para-hydroxylation sites is 1. The van der Waals surface area contributed by atoms with E-state index in [2.05, 4.69) is 0 Å². The topological polar surface area (TPSA) is 38.5 Å². The second kappa shape index (κ2) is 5.61. The van der Waals surface area contributed by atoms with Gasteiger partial charge >= 0.3 is 0 Å². The molecule has 1 atom stereocenters. The number of thioether (sulfide) groups is 1. The number of likely N-dealkylation sites (N-methyl/N-ethyl adjacent to an activating group) is 1. The fraction of sp³-hybridized carbons (Fsp3) is 0.429. The van der Waals surface area contributed by atoms with Gasteiger partial charge in [0.1, 0.15) is 15.6 Å². The number of hydrogen-bond donors (Lipinski definition) is 0. The summed E-state index contributed by atoms with van der Waals surface area (Å²) in [5.74, 6) is 0.685. The van der Waals surface area contributed by atoms with Crippen molar-refractivity contribution in [2.24, 2.45) is 0 Å². The second-order valence-corrected chi connectivity index (χ2v) is 6.89. The third-order valence-electron chi connectivity index (χ3n) is 3.59. The smallest absolute Gasteiger partial charge is 0.238 e. The number of hydrogen-bond acceptors (Lipinski definition) is 4. The molecule has 1 aliphatic heterocycles. The molecular weight excluding hydrogens is 292 g/mol. The first kappa shape index (κ1) is 15.1. The predicted octanol–water partition coefficient (Wildman–Crippen LogP) is 2.69. The largest absolute Gasteiger partial charge is 0.623 e. The Bertz CT molecular complexity index is 558. The van der Waals surface area contributed by atoms with Crippen LogP contribution in [0.3, 0.4) is 0 Å². The van der Waals surface area contributed by atoms with Gasteiger partial charge in [0.2, 0.25) is 5.37 Å². The van der Waals surface area contributed by atoms with Gasteiger partial charge in [-0.2, -0.15) is 4.74 Å². The van der Waals surface area contributed by atoms with Gasteiger partial charge in [0.25, 0.3) is 0 Å². The third-order valence-corrected chi connectivity index (χ3v) is 5.64. The van der Waals surface area contributed by atoms with Gasteiger partial charge in [0.15, 0.2) is 6.21 Å². The summed E-state index contributed by atoms with van der Waals surface area (Å²) in [5.41, 5.74) is 0.448. The molecule has 0 N–H and O–H groups in total. The average Bonchev–Trinajstić information content (AvgIpc) is 2.63. The van der Waals surface area contributed by atoms with Crippen molar-refractivity contribution in [3.05, 3.63) is 35.0 Å². The first-order valence-corrected chi connectivity index (χ1v) is 7.54. The Labute approximate surface area is 129 Å². The molecule has 4 nitrogen and oxygen atoms in total. The van der Waals surface area contributed by atoms with Crippen LogP contribution in [-0.2, 0) is 0 Å². The zero-order valence-corrected chi connectivity index (χ0v) is 13.6. The maximum absolute atomic E-state index is 12.5. The summed E-state index contributed by atoms with van der Waals surface area (Å²) in [6.45, 7) is 4.04. The van der Waals surface area contributed by atoms with Crippen LogP contribution < -0.4 is 4.74 Å². The van der Waals surface area contributed by atoms with Crippen LogP contribution in [0.5, 0.6) is 5.75 Å². The van der Waals surface area contributed by atoms with E-state index in [4.69, 9.17) is 17.0 Å². The summed E-state index contributed by atoms with van der Waals surface area (Å²) < 4.78 is 6.98. The molecule has 0 spiro atoms. The van der Waals surface area contributed by atoms with Crippen molar-refractivity contribution < 1.29 is 9.48 Å². The van der Waals surface area contributed by atoms with Gasteiger partial charge in [-0.05, 0) is 37.7 Å². The molecule has 1 aliphatic rings. The Morgan fingerprint density at radius 1 is 1.45 bits per heavy atom. The summed E-state index contributed by atoms with van der Waals surface area (Å²) in [7, 11) is 3.52. The van der Waals surface area contributed by atoms with Crippen LogP contribution in [-0.4, -0.2) is 45.2 Å². The van der Waals surface area contributed by atoms with Gasteiger partial charge in [-0.15, -0.1) is 0 Å². The van der Waals surface area contributed by atoms with Gasteiger partial charge in [0.05, 0.1) is 12.7 Å². The van der Waals surface area contributed by atoms with E-state index in [1.807, 2.05) is 50.1 Å². The van der Waals surface area contributed by atoms with Crippen molar-refractivity contribution in [3.63, 3.8) is 0 Å². The third kappa shape index (κ3) is 2.62. The lowest BCUT2D eigenvalue weighted by molar-refractivity contribution is -0.480. The van der Waals surface area contributed by atoms with E-state index in [9.17, 15) is 5.21 Å². The van der Waals surface area contributed by atoms with Crippen molar-refractivity contribution in [3.8, 4) is 5.75 Å². The monoisotopic (exact) mass is 310 g/mol. The number of rotatable bonds is 3. The maximum Gasteiger partial charge on any atom is 0.238 e. The van der Waals surface area contributed by atoms with Crippen molar-refractivity contribution in [1.82, 2.24) is 4.90 Å². The van der Waals surface area contributed by atoms with Crippen LogP contribution in [0.25, 0.3) is 0 Å². The first-order chi connectivity index (χ1) is 9.37. The summed E-state index contributed by atoms with van der Waals surface area (Å²) in [5, 5.41) is 12.2. The molecule has 1 aromatic rings. The quantitative estimate of drug-likeness (QED) is 0.282. The van der Waals surface area contributed by atoms with Crippen LogP contribution >= 0.6 is 24.0 Å². The molecule has 0 amide bonds. The lowest BCUT2D eigenvalue weighted by atomic mass is 10.0. The molecule has 20 heavy (non-hydrogen) atoms. The molecule has 0 saturated carbocycles. The zero-order valence-electron chi connectivity index (χ0n) is 12.0. The average molecular weight is 310 g/mol. The van der Waals surface area contributed by atoms with Crippen molar-refractivity contribution >= 4 is 34.5 Å². The molecule has 1 aromatic carbocycles. The Hall–Kier alpha value is -1.27. The van der Waals surface area contributed by atoms with Gasteiger partial charge in [-0.1, -0.05) is 24.4 Å². The molecule has 6 heteroatoms. The number of hydroxylamine groups is 1. The van der Waals surface area contributed by atoms with Crippen molar-refractivity contribution in [2.75, 3.05) is 14.2 Å². The summed E-state index contributed by atoms with van der Waals surface area (Å²) in [4.78, 5) is 1.97. The molecular formula is C14H18N2O2S2. The van der Waals surface area contributed by atoms with Crippen LogP contribution in [0.2, 0.25) is 0 Å². The van der Waals surface area contributed by atoms with E-state index in [1.54, 1.807) is 13.3 Å². The van der Waals surface area contributed by atoms with Gasteiger partial charge in [-0.25, -0.2) is 0 Å². The normalized spacial score (nSPS) is 22.2. The summed E-state index contributed by atoms with van der Waals surface area (Å²) in [6, 6.07) is 7.45. The number of ether oxygens (including phenoxy) is 1. The number of benzene rings is 1. The molecule has 0 aromatic heterocycles. The Morgan fingerprint density at radius 2 is 2.10 bits per heavy atom. The second-order valence-electron chi connectivity index (χ2n) is 5.18. The zero-order chi connectivity index (χ0) is 14.9. The fourth-order valence-electron chi connectivity index (χ4n) is 2.06. The van der Waals surface area contributed by atoms with Gasteiger partial charge in [0, 0.05) is 7.05 Å². The standard InChI is InChI=1S/C14H18N2O2S2/c1-14(2)12(20-13(19)15(14)3)16(17)9-10-7-5-6-8-11(10)18-4/h5-9,12H,1-4H3/b16-9-/t12-/m0/s1.